The van der Waals surface area contributed by atoms with Crippen LogP contribution in [0.5, 0.6) is 0 Å². The van der Waals surface area contributed by atoms with Crippen molar-refractivity contribution < 1.29 is 8.42 Å². The Morgan fingerprint density at radius 2 is 1.81 bits per heavy atom. The molecule has 0 radical (unpaired) electrons. The molecule has 0 unspecified atom stereocenters. The minimum Gasteiger partial charge on any atom is -0.397 e. The van der Waals surface area contributed by atoms with Crippen molar-refractivity contribution in [1.82, 2.24) is 4.72 Å². The number of nitrogens with one attached hydrogen (secondary N) is 2. The van der Waals surface area contributed by atoms with E-state index in [0.29, 0.717) is 24.5 Å². The third-order valence-corrected chi connectivity index (χ3v) is 4.54. The van der Waals surface area contributed by atoms with E-state index in [2.05, 4.69) is 10.0 Å². The molecule has 4 N–H and O–H groups in total. The van der Waals surface area contributed by atoms with Gasteiger partial charge in [0.15, 0.2) is 0 Å². The zero-order valence-corrected chi connectivity index (χ0v) is 12.7. The minimum absolute atomic E-state index is 0.203. The molecular weight excluding hydrogens is 286 g/mol. The summed E-state index contributed by atoms with van der Waals surface area (Å²) in [5.74, 6) is 0. The average Bonchev–Trinajstić information content (AvgIpc) is 2.47. The van der Waals surface area contributed by atoms with Crippen LogP contribution in [0, 0.1) is 0 Å². The lowest BCUT2D eigenvalue weighted by molar-refractivity contribution is 0.584. The SMILES string of the molecule is CCNS(=O)(=O)c1ccc(N)c(NCc2ccccc2)c1. The lowest BCUT2D eigenvalue weighted by Crippen LogP contribution is -2.23. The molecule has 5 nitrogen and oxygen atoms in total. The van der Waals surface area contributed by atoms with Gasteiger partial charge in [-0.05, 0) is 23.8 Å². The maximum atomic E-state index is 12.0. The monoisotopic (exact) mass is 305 g/mol. The second kappa shape index (κ2) is 6.60. The van der Waals surface area contributed by atoms with Crippen molar-refractivity contribution in [2.45, 2.75) is 18.4 Å². The second-order valence-electron chi connectivity index (χ2n) is 4.59. The Hall–Kier alpha value is -2.05. The van der Waals surface area contributed by atoms with Gasteiger partial charge in [-0.3, -0.25) is 0 Å². The largest absolute Gasteiger partial charge is 0.397 e. The zero-order chi connectivity index (χ0) is 15.3. The van der Waals surface area contributed by atoms with E-state index in [4.69, 9.17) is 5.73 Å². The number of nitrogen functional groups attached to an aromatic ring is 1. The highest BCUT2D eigenvalue weighted by atomic mass is 32.2. The topological polar surface area (TPSA) is 84.2 Å². The summed E-state index contributed by atoms with van der Waals surface area (Å²) in [5.41, 5.74) is 8.11. The molecule has 2 aromatic carbocycles. The van der Waals surface area contributed by atoms with Crippen molar-refractivity contribution in [3.05, 3.63) is 54.1 Å². The molecule has 0 saturated carbocycles. The second-order valence-corrected chi connectivity index (χ2v) is 6.36. The van der Waals surface area contributed by atoms with Crippen molar-refractivity contribution in [1.29, 1.82) is 0 Å². The van der Waals surface area contributed by atoms with Gasteiger partial charge in [0.05, 0.1) is 16.3 Å². The van der Waals surface area contributed by atoms with E-state index in [-0.39, 0.29) is 4.90 Å². The molecule has 0 aliphatic rings. The molecule has 112 valence electrons. The van der Waals surface area contributed by atoms with E-state index in [1.807, 2.05) is 30.3 Å². The Kier molecular flexibility index (Phi) is 4.82. The Morgan fingerprint density at radius 3 is 2.48 bits per heavy atom. The predicted molar refractivity (Wildman–Crippen MR) is 85.5 cm³/mol. The minimum atomic E-state index is -3.48. The van der Waals surface area contributed by atoms with Gasteiger partial charge >= 0.3 is 0 Å². The van der Waals surface area contributed by atoms with Gasteiger partial charge in [0.1, 0.15) is 0 Å². The lowest BCUT2D eigenvalue weighted by atomic mass is 10.2. The Morgan fingerprint density at radius 1 is 1.10 bits per heavy atom. The summed E-state index contributed by atoms with van der Waals surface area (Å²) in [4.78, 5) is 0.203. The van der Waals surface area contributed by atoms with Crippen molar-refractivity contribution in [2.24, 2.45) is 0 Å². The quantitative estimate of drug-likeness (QED) is 0.714. The van der Waals surface area contributed by atoms with Gasteiger partial charge in [-0.2, -0.15) is 0 Å². The highest BCUT2D eigenvalue weighted by Gasteiger charge is 2.14. The van der Waals surface area contributed by atoms with Gasteiger partial charge in [-0.15, -0.1) is 0 Å². The summed E-state index contributed by atoms with van der Waals surface area (Å²) in [6, 6.07) is 14.5. The van der Waals surface area contributed by atoms with Gasteiger partial charge in [0, 0.05) is 13.1 Å². The fourth-order valence-electron chi connectivity index (χ4n) is 1.92. The van der Waals surface area contributed by atoms with E-state index in [0.717, 1.165) is 5.56 Å². The number of anilines is 2. The first-order chi connectivity index (χ1) is 10.0. The zero-order valence-electron chi connectivity index (χ0n) is 11.8. The number of sulfonamides is 1. The lowest BCUT2D eigenvalue weighted by Gasteiger charge is -2.12. The van der Waals surface area contributed by atoms with Gasteiger partial charge < -0.3 is 11.1 Å². The Labute approximate surface area is 125 Å². The van der Waals surface area contributed by atoms with Crippen LogP contribution in [0.2, 0.25) is 0 Å². The molecule has 0 aliphatic carbocycles. The van der Waals surface area contributed by atoms with Crippen LogP contribution in [0.4, 0.5) is 11.4 Å². The molecule has 0 amide bonds. The molecule has 0 bridgehead atoms. The van der Waals surface area contributed by atoms with Gasteiger partial charge in [-0.25, -0.2) is 13.1 Å². The van der Waals surface area contributed by atoms with Gasteiger partial charge in [0.25, 0.3) is 0 Å². The van der Waals surface area contributed by atoms with Gasteiger partial charge in [0.2, 0.25) is 10.0 Å². The number of benzene rings is 2. The molecule has 0 atom stereocenters. The first-order valence-electron chi connectivity index (χ1n) is 6.70. The summed E-state index contributed by atoms with van der Waals surface area (Å²) < 4.78 is 26.4. The molecule has 0 aliphatic heterocycles. The van der Waals surface area contributed by atoms with E-state index in [1.165, 1.54) is 6.07 Å². The fraction of sp³-hybridized carbons (Fsp3) is 0.200. The van der Waals surface area contributed by atoms with Crippen LogP contribution in [0.1, 0.15) is 12.5 Å². The van der Waals surface area contributed by atoms with E-state index in [1.54, 1.807) is 19.1 Å². The van der Waals surface area contributed by atoms with Crippen LogP contribution in [0.3, 0.4) is 0 Å². The van der Waals surface area contributed by atoms with Crippen molar-refractivity contribution in [2.75, 3.05) is 17.6 Å². The molecule has 21 heavy (non-hydrogen) atoms. The molecule has 0 spiro atoms. The number of hydrogen-bond donors (Lipinski definition) is 3. The summed E-state index contributed by atoms with van der Waals surface area (Å²) >= 11 is 0. The van der Waals surface area contributed by atoms with Crippen LogP contribution in [-0.2, 0) is 16.6 Å². The third kappa shape index (κ3) is 3.96. The summed E-state index contributed by atoms with van der Waals surface area (Å²) in [6.45, 7) is 2.67. The normalized spacial score (nSPS) is 11.3. The smallest absolute Gasteiger partial charge is 0.240 e. The first-order valence-corrected chi connectivity index (χ1v) is 8.18. The summed E-state index contributed by atoms with van der Waals surface area (Å²) in [7, 11) is -3.48. The summed E-state index contributed by atoms with van der Waals surface area (Å²) in [5, 5.41) is 3.17. The molecule has 0 heterocycles. The predicted octanol–water partition coefficient (Wildman–Crippen LogP) is 2.18. The van der Waals surface area contributed by atoms with Crippen molar-refractivity contribution >= 4 is 21.4 Å². The van der Waals surface area contributed by atoms with E-state index >= 15 is 0 Å². The molecular formula is C15H19N3O2S. The van der Waals surface area contributed by atoms with Crippen LogP contribution in [-0.4, -0.2) is 15.0 Å². The van der Waals surface area contributed by atoms with Crippen LogP contribution in [0.15, 0.2) is 53.4 Å². The first kappa shape index (κ1) is 15.3. The standard InChI is InChI=1S/C15H19N3O2S/c1-2-18-21(19,20)13-8-9-14(16)15(10-13)17-11-12-6-4-3-5-7-12/h3-10,17-18H,2,11,16H2,1H3. The third-order valence-electron chi connectivity index (χ3n) is 3.00. The van der Waals surface area contributed by atoms with Crippen molar-refractivity contribution in [3.8, 4) is 0 Å². The molecule has 6 heteroatoms. The van der Waals surface area contributed by atoms with Gasteiger partial charge in [-0.1, -0.05) is 37.3 Å². The van der Waals surface area contributed by atoms with Crippen LogP contribution >= 0.6 is 0 Å². The number of rotatable bonds is 6. The van der Waals surface area contributed by atoms with E-state index in [9.17, 15) is 8.42 Å². The fourth-order valence-corrected chi connectivity index (χ4v) is 2.99. The van der Waals surface area contributed by atoms with Crippen molar-refractivity contribution in [3.63, 3.8) is 0 Å². The molecule has 2 aromatic rings. The highest BCUT2D eigenvalue weighted by molar-refractivity contribution is 7.89. The molecule has 0 fully saturated rings. The maximum Gasteiger partial charge on any atom is 0.240 e. The van der Waals surface area contributed by atoms with Crippen LogP contribution < -0.4 is 15.8 Å². The van der Waals surface area contributed by atoms with Crippen LogP contribution in [0.25, 0.3) is 0 Å². The average molecular weight is 305 g/mol. The van der Waals surface area contributed by atoms with E-state index < -0.39 is 10.0 Å². The Balaban J connectivity index is 2.20. The number of nitrogens with two attached hydrogens (primary N) is 1. The molecule has 0 saturated heterocycles. The highest BCUT2D eigenvalue weighted by Crippen LogP contribution is 2.23. The number of hydrogen-bond acceptors (Lipinski definition) is 4. The summed E-state index contributed by atoms with van der Waals surface area (Å²) in [6.07, 6.45) is 0. The Bertz CT molecular complexity index is 700. The molecule has 0 aromatic heterocycles. The maximum absolute atomic E-state index is 12.0. The molecule has 2 rings (SSSR count).